The van der Waals surface area contributed by atoms with E-state index in [4.69, 9.17) is 0 Å². The summed E-state index contributed by atoms with van der Waals surface area (Å²) in [5, 5.41) is 5.62. The van der Waals surface area contributed by atoms with Crippen molar-refractivity contribution in [2.75, 3.05) is 24.1 Å². The first-order valence-electron chi connectivity index (χ1n) is 10.3. The van der Waals surface area contributed by atoms with Crippen molar-refractivity contribution >= 4 is 27.0 Å². The minimum atomic E-state index is -3.23. The quantitative estimate of drug-likeness (QED) is 0.418. The van der Waals surface area contributed by atoms with Gasteiger partial charge in [0, 0.05) is 10.6 Å². The summed E-state index contributed by atoms with van der Waals surface area (Å²) in [6.07, 6.45) is 8.72. The maximum Gasteiger partial charge on any atom is 0.229 e. The van der Waals surface area contributed by atoms with Gasteiger partial charge >= 0.3 is 0 Å². The van der Waals surface area contributed by atoms with Gasteiger partial charge in [-0.1, -0.05) is 51.7 Å². The van der Waals surface area contributed by atoms with Gasteiger partial charge in [0.25, 0.3) is 0 Å². The van der Waals surface area contributed by atoms with Crippen molar-refractivity contribution in [3.05, 3.63) is 40.6 Å². The Hall–Kier alpha value is -1.37. The van der Waals surface area contributed by atoms with Crippen molar-refractivity contribution in [1.82, 2.24) is 5.32 Å². The van der Waals surface area contributed by atoms with E-state index in [1.165, 1.54) is 48.8 Å². The molecule has 0 radical (unpaired) electrons. The third kappa shape index (κ3) is 8.33. The zero-order chi connectivity index (χ0) is 20.4. The van der Waals surface area contributed by atoms with Crippen molar-refractivity contribution in [2.45, 2.75) is 52.4 Å². The van der Waals surface area contributed by atoms with Gasteiger partial charge in [-0.3, -0.25) is 4.72 Å². The van der Waals surface area contributed by atoms with Crippen LogP contribution in [0.4, 0.5) is 5.69 Å². The molecule has 1 aromatic heterocycles. The Labute approximate surface area is 174 Å². The first-order valence-corrected chi connectivity index (χ1v) is 13.0. The fourth-order valence-electron chi connectivity index (χ4n) is 3.48. The number of nitrogens with one attached hydrogen (secondary N) is 2. The predicted molar refractivity (Wildman–Crippen MR) is 123 cm³/mol. The first kappa shape index (κ1) is 22.9. The van der Waals surface area contributed by atoms with Gasteiger partial charge in [-0.25, -0.2) is 8.42 Å². The van der Waals surface area contributed by atoms with Crippen LogP contribution in [0.25, 0.3) is 11.1 Å². The molecule has 0 saturated carbocycles. The largest absolute Gasteiger partial charge is 0.317 e. The lowest BCUT2D eigenvalue weighted by Gasteiger charge is -2.15. The minimum absolute atomic E-state index is 0.599. The number of sulfonamides is 1. The van der Waals surface area contributed by atoms with E-state index in [1.54, 1.807) is 0 Å². The van der Waals surface area contributed by atoms with Gasteiger partial charge in [-0.15, -0.1) is 11.3 Å². The molecule has 0 aliphatic heterocycles. The van der Waals surface area contributed by atoms with Crippen LogP contribution in [0.3, 0.4) is 0 Å². The third-order valence-electron chi connectivity index (χ3n) is 4.83. The number of anilines is 1. The van der Waals surface area contributed by atoms with Crippen LogP contribution in [0.2, 0.25) is 0 Å². The van der Waals surface area contributed by atoms with Crippen molar-refractivity contribution in [1.29, 1.82) is 0 Å². The van der Waals surface area contributed by atoms with Crippen molar-refractivity contribution < 1.29 is 8.42 Å². The molecule has 0 fully saturated rings. The topological polar surface area (TPSA) is 58.2 Å². The Morgan fingerprint density at radius 3 is 2.43 bits per heavy atom. The highest BCUT2D eigenvalue weighted by molar-refractivity contribution is 7.92. The fourth-order valence-corrected chi connectivity index (χ4v) is 5.06. The summed E-state index contributed by atoms with van der Waals surface area (Å²) in [6.45, 7) is 6.62. The molecule has 28 heavy (non-hydrogen) atoms. The molecule has 1 atom stereocenters. The minimum Gasteiger partial charge on any atom is -0.317 e. The number of thiophene rings is 1. The average molecular weight is 423 g/mol. The lowest BCUT2D eigenvalue weighted by molar-refractivity contribution is 0.422. The second-order valence-corrected chi connectivity index (χ2v) is 10.2. The molecule has 0 amide bonds. The monoisotopic (exact) mass is 422 g/mol. The van der Waals surface area contributed by atoms with Crippen molar-refractivity contribution in [2.24, 2.45) is 5.92 Å². The second-order valence-electron chi connectivity index (χ2n) is 7.46. The normalized spacial score (nSPS) is 12.8. The van der Waals surface area contributed by atoms with Crippen LogP contribution < -0.4 is 10.0 Å². The molecule has 1 unspecified atom stereocenters. The Balaban J connectivity index is 1.93. The van der Waals surface area contributed by atoms with Crippen LogP contribution in [-0.2, 0) is 16.4 Å². The maximum absolute atomic E-state index is 11.3. The van der Waals surface area contributed by atoms with Gasteiger partial charge in [-0.2, -0.15) is 0 Å². The van der Waals surface area contributed by atoms with Crippen LogP contribution in [0, 0.1) is 5.92 Å². The van der Waals surface area contributed by atoms with Crippen LogP contribution >= 0.6 is 11.3 Å². The number of benzene rings is 1. The summed E-state index contributed by atoms with van der Waals surface area (Å²) in [6, 6.07) is 9.88. The number of hydrogen-bond acceptors (Lipinski definition) is 4. The van der Waals surface area contributed by atoms with Crippen LogP contribution in [0.1, 0.15) is 50.8 Å². The van der Waals surface area contributed by atoms with Gasteiger partial charge in [0.15, 0.2) is 0 Å². The van der Waals surface area contributed by atoms with Gasteiger partial charge in [0.1, 0.15) is 0 Å². The van der Waals surface area contributed by atoms with E-state index >= 15 is 0 Å². The van der Waals surface area contributed by atoms with E-state index in [2.05, 4.69) is 35.3 Å². The van der Waals surface area contributed by atoms with E-state index in [1.807, 2.05) is 35.6 Å². The molecule has 2 N–H and O–H groups in total. The second kappa shape index (κ2) is 11.6. The van der Waals surface area contributed by atoms with Gasteiger partial charge in [0.2, 0.25) is 10.0 Å². The number of unbranched alkanes of at least 4 members (excludes halogenated alkanes) is 1. The Morgan fingerprint density at radius 1 is 1.04 bits per heavy atom. The van der Waals surface area contributed by atoms with Gasteiger partial charge in [0.05, 0.1) is 6.26 Å². The molecule has 0 aliphatic rings. The zero-order valence-electron chi connectivity index (χ0n) is 17.3. The molecule has 0 saturated heterocycles. The molecule has 2 rings (SSSR count). The third-order valence-corrected chi connectivity index (χ3v) is 6.39. The molecular formula is C22H34N2O2S2. The van der Waals surface area contributed by atoms with Gasteiger partial charge in [-0.05, 0) is 66.6 Å². The van der Waals surface area contributed by atoms with Crippen LogP contribution in [-0.4, -0.2) is 27.8 Å². The number of hydrogen-bond donors (Lipinski definition) is 2. The highest BCUT2D eigenvalue weighted by atomic mass is 32.2. The van der Waals surface area contributed by atoms with E-state index in [0.717, 1.165) is 31.0 Å². The lowest BCUT2D eigenvalue weighted by atomic mass is 9.92. The standard InChI is InChI=1S/C22H34N2O2S2/c1-4-8-18(9-6-7-14-23-5-2)15-22-16-20(17-27-22)19-10-12-21(13-11-19)24-28(3,25)26/h10-13,16-18,23-24H,4-9,14-15H2,1-3H3. The fraction of sp³-hybridized carbons (Fsp3) is 0.545. The molecule has 2 aromatic rings. The summed E-state index contributed by atoms with van der Waals surface area (Å²) in [5.41, 5.74) is 2.94. The molecular weight excluding hydrogens is 388 g/mol. The predicted octanol–water partition coefficient (Wildman–Crippen LogP) is 5.53. The van der Waals surface area contributed by atoms with Crippen molar-refractivity contribution in [3.63, 3.8) is 0 Å². The molecule has 0 spiro atoms. The molecule has 156 valence electrons. The molecule has 1 heterocycles. The smallest absolute Gasteiger partial charge is 0.229 e. The number of rotatable bonds is 13. The van der Waals surface area contributed by atoms with Crippen LogP contribution in [0.15, 0.2) is 35.7 Å². The summed E-state index contributed by atoms with van der Waals surface area (Å²) in [5.74, 6) is 0.763. The molecule has 0 bridgehead atoms. The van der Waals surface area contributed by atoms with E-state index in [9.17, 15) is 8.42 Å². The molecule has 0 aliphatic carbocycles. The molecule has 4 nitrogen and oxygen atoms in total. The Morgan fingerprint density at radius 2 is 1.79 bits per heavy atom. The molecule has 6 heteroatoms. The Bertz CT molecular complexity index is 798. The Kier molecular flexibility index (Phi) is 9.48. The highest BCUT2D eigenvalue weighted by Crippen LogP contribution is 2.30. The SMILES string of the molecule is CCCC(CCCCNCC)Cc1cc(-c2ccc(NS(C)(=O)=O)cc2)cs1. The highest BCUT2D eigenvalue weighted by Gasteiger charge is 2.11. The van der Waals surface area contributed by atoms with E-state index < -0.39 is 10.0 Å². The van der Waals surface area contributed by atoms with Crippen molar-refractivity contribution in [3.8, 4) is 11.1 Å². The van der Waals surface area contributed by atoms with Gasteiger partial charge < -0.3 is 5.32 Å². The summed E-state index contributed by atoms with van der Waals surface area (Å²) in [7, 11) is -3.23. The van der Waals surface area contributed by atoms with E-state index in [0.29, 0.717) is 5.69 Å². The summed E-state index contributed by atoms with van der Waals surface area (Å²) in [4.78, 5) is 1.44. The zero-order valence-corrected chi connectivity index (χ0v) is 19.0. The summed E-state index contributed by atoms with van der Waals surface area (Å²) < 4.78 is 25.2. The van der Waals surface area contributed by atoms with Crippen LogP contribution in [0.5, 0.6) is 0 Å². The first-order chi connectivity index (χ1) is 13.4. The molecule has 1 aromatic carbocycles. The lowest BCUT2D eigenvalue weighted by Crippen LogP contribution is -2.14. The van der Waals surface area contributed by atoms with E-state index in [-0.39, 0.29) is 0 Å². The summed E-state index contributed by atoms with van der Waals surface area (Å²) >= 11 is 1.84. The average Bonchev–Trinajstić information content (AvgIpc) is 3.09. The maximum atomic E-state index is 11.3.